The van der Waals surface area contributed by atoms with Crippen molar-refractivity contribution >= 4 is 5.97 Å². The summed E-state index contributed by atoms with van der Waals surface area (Å²) in [4.78, 5) is 14.3. The van der Waals surface area contributed by atoms with E-state index >= 15 is 0 Å². The van der Waals surface area contributed by atoms with Gasteiger partial charge in [-0.25, -0.2) is 13.6 Å². The largest absolute Gasteiger partial charge is 0.459 e. The van der Waals surface area contributed by atoms with Crippen LogP contribution < -0.4 is 0 Å². The fourth-order valence-electron chi connectivity index (χ4n) is 3.36. The van der Waals surface area contributed by atoms with Crippen LogP contribution in [0.25, 0.3) is 0 Å². The van der Waals surface area contributed by atoms with Gasteiger partial charge in [-0.2, -0.15) is 0 Å². The fraction of sp³-hybridized carbons (Fsp3) is 0.533. The maximum atomic E-state index is 13.5. The average molecular weight is 281 g/mol. The summed E-state index contributed by atoms with van der Waals surface area (Å²) in [5, 5.41) is 0. The third-order valence-corrected chi connectivity index (χ3v) is 4.50. The number of nitrogens with zero attached hydrogens (tertiary/aromatic N) is 1. The number of rotatable bonds is 2. The van der Waals surface area contributed by atoms with Crippen LogP contribution in [0.1, 0.15) is 36.0 Å². The standard InChI is InChI=1S/C15H17F2NO2/c1-18-9-5-6-10(18)8-11(7-9)20-15(19)14-12(16)3-2-4-13(14)17/h2-4,9-11H,5-8H2,1H3. The molecule has 2 saturated heterocycles. The molecule has 2 heterocycles. The molecule has 0 N–H and O–H groups in total. The van der Waals surface area contributed by atoms with Gasteiger partial charge in [-0.15, -0.1) is 0 Å². The molecule has 2 aliphatic rings. The van der Waals surface area contributed by atoms with Crippen molar-refractivity contribution in [1.29, 1.82) is 0 Å². The lowest BCUT2D eigenvalue weighted by molar-refractivity contribution is -0.00125. The number of hydrogen-bond acceptors (Lipinski definition) is 3. The molecule has 1 aromatic carbocycles. The number of fused-ring (bicyclic) bond motifs is 2. The van der Waals surface area contributed by atoms with Gasteiger partial charge >= 0.3 is 5.97 Å². The molecule has 2 unspecified atom stereocenters. The number of carbonyl (C=O) groups excluding carboxylic acids is 1. The molecule has 0 amide bonds. The topological polar surface area (TPSA) is 29.5 Å². The second-order valence-corrected chi connectivity index (χ2v) is 5.65. The van der Waals surface area contributed by atoms with Gasteiger partial charge in [0.2, 0.25) is 0 Å². The highest BCUT2D eigenvalue weighted by molar-refractivity contribution is 5.90. The van der Waals surface area contributed by atoms with E-state index in [1.807, 2.05) is 0 Å². The summed E-state index contributed by atoms with van der Waals surface area (Å²) in [6.07, 6.45) is 3.45. The normalized spacial score (nSPS) is 29.4. The molecule has 2 bridgehead atoms. The zero-order chi connectivity index (χ0) is 14.3. The van der Waals surface area contributed by atoms with E-state index in [1.54, 1.807) is 0 Å². The number of ether oxygens (including phenoxy) is 1. The van der Waals surface area contributed by atoms with Crippen molar-refractivity contribution in [1.82, 2.24) is 4.90 Å². The molecule has 2 aliphatic heterocycles. The smallest absolute Gasteiger partial charge is 0.344 e. The lowest BCUT2D eigenvalue weighted by Gasteiger charge is -2.35. The molecule has 2 fully saturated rings. The first kappa shape index (κ1) is 13.5. The van der Waals surface area contributed by atoms with Crippen molar-refractivity contribution < 1.29 is 18.3 Å². The van der Waals surface area contributed by atoms with Crippen LogP contribution in [0, 0.1) is 11.6 Å². The number of hydrogen-bond donors (Lipinski definition) is 0. The first-order chi connectivity index (χ1) is 9.56. The van der Waals surface area contributed by atoms with Gasteiger partial charge in [0.25, 0.3) is 0 Å². The SMILES string of the molecule is CN1C2CCC1CC(OC(=O)c1c(F)cccc1F)C2. The Balaban J connectivity index is 1.71. The van der Waals surface area contributed by atoms with Crippen LogP contribution in [0.15, 0.2) is 18.2 Å². The molecular weight excluding hydrogens is 264 g/mol. The quantitative estimate of drug-likeness (QED) is 0.781. The van der Waals surface area contributed by atoms with E-state index in [0.717, 1.165) is 37.8 Å². The van der Waals surface area contributed by atoms with E-state index in [4.69, 9.17) is 4.74 Å². The molecule has 108 valence electrons. The van der Waals surface area contributed by atoms with Gasteiger partial charge in [-0.05, 0) is 32.0 Å². The van der Waals surface area contributed by atoms with Crippen LogP contribution in [-0.2, 0) is 4.74 Å². The monoisotopic (exact) mass is 281 g/mol. The summed E-state index contributed by atoms with van der Waals surface area (Å²) in [6, 6.07) is 4.20. The second-order valence-electron chi connectivity index (χ2n) is 5.65. The molecule has 20 heavy (non-hydrogen) atoms. The molecule has 0 spiro atoms. The lowest BCUT2D eigenvalue weighted by Crippen LogP contribution is -2.43. The molecule has 0 saturated carbocycles. The minimum Gasteiger partial charge on any atom is -0.459 e. The van der Waals surface area contributed by atoms with E-state index in [1.165, 1.54) is 6.07 Å². The number of esters is 1. The Morgan fingerprint density at radius 1 is 1.20 bits per heavy atom. The molecular formula is C15H17F2NO2. The molecule has 0 aliphatic carbocycles. The van der Waals surface area contributed by atoms with Crippen molar-refractivity contribution in [3.63, 3.8) is 0 Å². The number of benzene rings is 1. The summed E-state index contributed by atoms with van der Waals surface area (Å²) in [7, 11) is 2.08. The maximum Gasteiger partial charge on any atom is 0.344 e. The molecule has 1 aromatic rings. The third-order valence-electron chi connectivity index (χ3n) is 4.50. The minimum absolute atomic E-state index is 0.241. The van der Waals surface area contributed by atoms with Crippen LogP contribution in [-0.4, -0.2) is 36.1 Å². The minimum atomic E-state index is -0.894. The number of halogens is 2. The van der Waals surface area contributed by atoms with Crippen molar-refractivity contribution in [3.8, 4) is 0 Å². The van der Waals surface area contributed by atoms with Crippen LogP contribution in [0.3, 0.4) is 0 Å². The molecule has 5 heteroatoms. The highest BCUT2D eigenvalue weighted by Crippen LogP contribution is 2.35. The highest BCUT2D eigenvalue weighted by atomic mass is 19.1. The Morgan fingerprint density at radius 2 is 1.75 bits per heavy atom. The van der Waals surface area contributed by atoms with E-state index in [9.17, 15) is 13.6 Å². The van der Waals surface area contributed by atoms with Crippen molar-refractivity contribution in [2.45, 2.75) is 43.9 Å². The van der Waals surface area contributed by atoms with Crippen molar-refractivity contribution in [3.05, 3.63) is 35.4 Å². The van der Waals surface area contributed by atoms with Gasteiger partial charge in [0, 0.05) is 24.9 Å². The zero-order valence-electron chi connectivity index (χ0n) is 11.3. The van der Waals surface area contributed by atoms with Gasteiger partial charge in [0.1, 0.15) is 23.3 Å². The summed E-state index contributed by atoms with van der Waals surface area (Å²) < 4.78 is 32.4. The first-order valence-corrected chi connectivity index (χ1v) is 6.93. The number of piperidine rings is 1. The predicted molar refractivity (Wildman–Crippen MR) is 69.4 cm³/mol. The molecule has 3 rings (SSSR count). The van der Waals surface area contributed by atoms with Gasteiger partial charge in [-0.1, -0.05) is 6.07 Å². The lowest BCUT2D eigenvalue weighted by atomic mass is 10.0. The molecule has 2 atom stereocenters. The van der Waals surface area contributed by atoms with Gasteiger partial charge in [0.15, 0.2) is 0 Å². The second kappa shape index (κ2) is 5.13. The Bertz CT molecular complexity index is 500. The van der Waals surface area contributed by atoms with Crippen molar-refractivity contribution in [2.75, 3.05) is 7.05 Å². The van der Waals surface area contributed by atoms with E-state index in [-0.39, 0.29) is 6.10 Å². The third kappa shape index (κ3) is 2.30. The van der Waals surface area contributed by atoms with Gasteiger partial charge < -0.3 is 9.64 Å². The Morgan fingerprint density at radius 3 is 2.30 bits per heavy atom. The summed E-state index contributed by atoms with van der Waals surface area (Å²) in [5.74, 6) is -2.63. The average Bonchev–Trinajstić information content (AvgIpc) is 2.62. The van der Waals surface area contributed by atoms with Gasteiger partial charge in [0.05, 0.1) is 0 Å². The summed E-state index contributed by atoms with van der Waals surface area (Å²) in [5.41, 5.74) is -0.584. The van der Waals surface area contributed by atoms with Crippen LogP contribution in [0.5, 0.6) is 0 Å². The molecule has 0 radical (unpaired) electrons. The Hall–Kier alpha value is -1.49. The van der Waals surface area contributed by atoms with E-state index in [0.29, 0.717) is 12.1 Å². The first-order valence-electron chi connectivity index (χ1n) is 6.93. The highest BCUT2D eigenvalue weighted by Gasteiger charge is 2.40. The van der Waals surface area contributed by atoms with Crippen molar-refractivity contribution in [2.24, 2.45) is 0 Å². The van der Waals surface area contributed by atoms with Crippen LogP contribution in [0.4, 0.5) is 8.78 Å². The van der Waals surface area contributed by atoms with Crippen LogP contribution in [0.2, 0.25) is 0 Å². The fourth-order valence-corrected chi connectivity index (χ4v) is 3.36. The summed E-state index contributed by atoms with van der Waals surface area (Å²) in [6.45, 7) is 0. The van der Waals surface area contributed by atoms with Gasteiger partial charge in [-0.3, -0.25) is 0 Å². The zero-order valence-corrected chi connectivity index (χ0v) is 11.3. The van der Waals surface area contributed by atoms with E-state index in [2.05, 4.69) is 11.9 Å². The molecule has 3 nitrogen and oxygen atoms in total. The maximum absolute atomic E-state index is 13.5. The Kier molecular flexibility index (Phi) is 3.46. The van der Waals surface area contributed by atoms with E-state index < -0.39 is 23.2 Å². The predicted octanol–water partition coefficient (Wildman–Crippen LogP) is 2.75. The van der Waals surface area contributed by atoms with Crippen LogP contribution >= 0.6 is 0 Å². The Labute approximate surface area is 116 Å². The number of carbonyl (C=O) groups is 1. The molecule has 0 aromatic heterocycles. The summed E-state index contributed by atoms with van der Waals surface area (Å²) >= 11 is 0.